The third kappa shape index (κ3) is 3.31. The largest absolute Gasteiger partial charge is 0.480 e. The number of hydrogen-bond donors (Lipinski definition) is 2. The van der Waals surface area contributed by atoms with Crippen LogP contribution < -0.4 is 10.7 Å². The normalized spacial score (nSPS) is 15.3. The number of rotatable bonds is 5. The zero-order valence-electron chi connectivity index (χ0n) is 14.3. The van der Waals surface area contributed by atoms with Crippen LogP contribution in [0, 0.1) is 11.7 Å². The second-order valence-corrected chi connectivity index (χ2v) is 7.23. The number of aromatic nitrogens is 1. The third-order valence-electron chi connectivity index (χ3n) is 4.48. The summed E-state index contributed by atoms with van der Waals surface area (Å²) in [6, 6.07) is 1.37. The third-order valence-corrected chi connectivity index (χ3v) is 4.77. The maximum atomic E-state index is 13.9. The molecule has 1 aliphatic carbocycles. The molecule has 1 aliphatic rings. The van der Waals surface area contributed by atoms with Gasteiger partial charge in [-0.3, -0.25) is 9.59 Å². The predicted molar refractivity (Wildman–Crippen MR) is 95.2 cm³/mol. The topological polar surface area (TPSA) is 88.4 Å². The molecule has 0 spiro atoms. The van der Waals surface area contributed by atoms with E-state index in [4.69, 9.17) is 11.6 Å². The Bertz CT molecular complexity index is 966. The molecule has 1 aromatic heterocycles. The van der Waals surface area contributed by atoms with Crippen LogP contribution in [-0.4, -0.2) is 27.6 Å². The first kappa shape index (κ1) is 18.4. The van der Waals surface area contributed by atoms with Gasteiger partial charge in [-0.25, -0.2) is 9.18 Å². The Morgan fingerprint density at radius 1 is 1.35 bits per heavy atom. The summed E-state index contributed by atoms with van der Waals surface area (Å²) in [4.78, 5) is 36.6. The minimum Gasteiger partial charge on any atom is -0.480 e. The molecule has 0 aliphatic heterocycles. The Morgan fingerprint density at radius 2 is 2.00 bits per heavy atom. The molecule has 1 amide bonds. The van der Waals surface area contributed by atoms with Crippen LogP contribution in [0.2, 0.25) is 5.02 Å². The van der Waals surface area contributed by atoms with Gasteiger partial charge in [-0.2, -0.15) is 0 Å². The molecular weight excluding hydrogens is 363 g/mol. The van der Waals surface area contributed by atoms with E-state index >= 15 is 0 Å². The summed E-state index contributed by atoms with van der Waals surface area (Å²) < 4.78 is 15.6. The van der Waals surface area contributed by atoms with Gasteiger partial charge in [0.1, 0.15) is 17.4 Å². The molecule has 6 nitrogen and oxygen atoms in total. The summed E-state index contributed by atoms with van der Waals surface area (Å²) in [5.41, 5.74) is -0.407. The zero-order valence-corrected chi connectivity index (χ0v) is 15.0. The first-order valence-electron chi connectivity index (χ1n) is 8.28. The van der Waals surface area contributed by atoms with Crippen molar-refractivity contribution in [2.24, 2.45) is 5.92 Å². The van der Waals surface area contributed by atoms with Crippen LogP contribution in [0.25, 0.3) is 10.9 Å². The van der Waals surface area contributed by atoms with Crippen molar-refractivity contribution in [2.75, 3.05) is 0 Å². The fraction of sp³-hybridized carbons (Fsp3) is 0.389. The number of amides is 1. The summed E-state index contributed by atoms with van der Waals surface area (Å²) in [6.07, 6.45) is 3.15. The lowest BCUT2D eigenvalue weighted by Gasteiger charge is -2.19. The molecule has 1 fully saturated rings. The monoisotopic (exact) mass is 380 g/mol. The second-order valence-electron chi connectivity index (χ2n) is 6.83. The van der Waals surface area contributed by atoms with Crippen LogP contribution >= 0.6 is 11.6 Å². The summed E-state index contributed by atoms with van der Waals surface area (Å²) in [5, 5.41) is 11.6. The Hall–Kier alpha value is -2.41. The van der Waals surface area contributed by atoms with Crippen molar-refractivity contribution in [3.05, 3.63) is 45.0 Å². The number of carboxylic acids is 1. The van der Waals surface area contributed by atoms with Crippen LogP contribution in [0.1, 0.15) is 43.1 Å². The number of carbonyl (C=O) groups excluding carboxylic acids is 1. The highest BCUT2D eigenvalue weighted by Gasteiger charge is 2.29. The van der Waals surface area contributed by atoms with Gasteiger partial charge in [-0.1, -0.05) is 25.4 Å². The van der Waals surface area contributed by atoms with Crippen LogP contribution in [0.15, 0.2) is 23.1 Å². The predicted octanol–water partition coefficient (Wildman–Crippen LogP) is 2.97. The smallest absolute Gasteiger partial charge is 0.326 e. The van der Waals surface area contributed by atoms with Crippen molar-refractivity contribution in [1.29, 1.82) is 0 Å². The van der Waals surface area contributed by atoms with Crippen LogP contribution in [0.5, 0.6) is 0 Å². The molecule has 0 bridgehead atoms. The number of pyridine rings is 1. The van der Waals surface area contributed by atoms with E-state index in [1.54, 1.807) is 18.4 Å². The molecule has 8 heteroatoms. The number of fused-ring (bicyclic) bond motifs is 1. The van der Waals surface area contributed by atoms with E-state index < -0.39 is 29.2 Å². The number of carbonyl (C=O) groups is 2. The Labute approximate surface area is 153 Å². The molecular formula is C18H18ClFN2O4. The van der Waals surface area contributed by atoms with Gasteiger partial charge < -0.3 is 15.0 Å². The number of halogens is 2. The first-order chi connectivity index (χ1) is 12.2. The number of benzene rings is 1. The molecule has 1 atom stereocenters. The van der Waals surface area contributed by atoms with E-state index in [1.165, 1.54) is 12.3 Å². The minimum atomic E-state index is -1.19. The highest BCUT2D eigenvalue weighted by Crippen LogP contribution is 2.37. The van der Waals surface area contributed by atoms with Gasteiger partial charge in [0.15, 0.2) is 0 Å². The van der Waals surface area contributed by atoms with Crippen LogP contribution in [-0.2, 0) is 4.79 Å². The van der Waals surface area contributed by atoms with Gasteiger partial charge in [0.25, 0.3) is 5.91 Å². The van der Waals surface area contributed by atoms with Crippen molar-refractivity contribution in [3.63, 3.8) is 0 Å². The maximum absolute atomic E-state index is 13.9. The lowest BCUT2D eigenvalue weighted by molar-refractivity contribution is -0.140. The van der Waals surface area contributed by atoms with E-state index in [2.05, 4.69) is 5.32 Å². The summed E-state index contributed by atoms with van der Waals surface area (Å²) >= 11 is 5.84. The molecule has 0 unspecified atom stereocenters. The number of nitrogens with zero attached hydrogens (tertiary/aromatic N) is 1. The molecule has 0 radical (unpaired) electrons. The quantitative estimate of drug-likeness (QED) is 0.834. The van der Waals surface area contributed by atoms with Gasteiger partial charge in [-0.05, 0) is 30.9 Å². The molecule has 138 valence electrons. The van der Waals surface area contributed by atoms with Gasteiger partial charge >= 0.3 is 5.97 Å². The Kier molecular flexibility index (Phi) is 4.75. The number of nitrogens with one attached hydrogen (secondary N) is 1. The molecule has 1 aromatic carbocycles. The SMILES string of the molecule is CC(C)[C@H](NC(=O)c1cn(C2CC2)c2cc(Cl)c(F)cc2c1=O)C(=O)O. The van der Waals surface area contributed by atoms with E-state index in [9.17, 15) is 23.9 Å². The highest BCUT2D eigenvalue weighted by atomic mass is 35.5. The zero-order chi connectivity index (χ0) is 19.2. The maximum Gasteiger partial charge on any atom is 0.326 e. The van der Waals surface area contributed by atoms with Gasteiger partial charge in [-0.15, -0.1) is 0 Å². The van der Waals surface area contributed by atoms with E-state index in [0.29, 0.717) is 5.52 Å². The lowest BCUT2D eigenvalue weighted by Crippen LogP contribution is -2.45. The fourth-order valence-corrected chi connectivity index (χ4v) is 3.05. The highest BCUT2D eigenvalue weighted by molar-refractivity contribution is 6.31. The molecule has 3 rings (SSSR count). The minimum absolute atomic E-state index is 0.0443. The standard InChI is InChI=1S/C18H18ClFN2O4/c1-8(2)15(18(25)26)21-17(24)11-7-22(9-3-4-9)14-6-12(19)13(20)5-10(14)16(11)23/h5-9,15H,3-4H2,1-2H3,(H,21,24)(H,25,26)/t15-/m0/s1. The van der Waals surface area contributed by atoms with Crippen LogP contribution in [0.4, 0.5) is 4.39 Å². The van der Waals surface area contributed by atoms with Crippen LogP contribution in [0.3, 0.4) is 0 Å². The van der Waals surface area contributed by atoms with Gasteiger partial charge in [0.2, 0.25) is 5.43 Å². The van der Waals surface area contributed by atoms with Gasteiger partial charge in [0, 0.05) is 17.6 Å². The van der Waals surface area contributed by atoms with Crippen molar-refractivity contribution in [3.8, 4) is 0 Å². The molecule has 2 aromatic rings. The average Bonchev–Trinajstić information content (AvgIpc) is 3.39. The van der Waals surface area contributed by atoms with Crippen molar-refractivity contribution >= 4 is 34.4 Å². The lowest BCUT2D eigenvalue weighted by atomic mass is 10.0. The van der Waals surface area contributed by atoms with Crippen molar-refractivity contribution in [2.45, 2.75) is 38.8 Å². The number of aliphatic carboxylic acids is 1. The van der Waals surface area contributed by atoms with Crippen molar-refractivity contribution in [1.82, 2.24) is 9.88 Å². The summed E-state index contributed by atoms with van der Waals surface area (Å²) in [7, 11) is 0. The molecule has 26 heavy (non-hydrogen) atoms. The fourth-order valence-electron chi connectivity index (χ4n) is 2.89. The van der Waals surface area contributed by atoms with E-state index in [-0.39, 0.29) is 27.9 Å². The summed E-state index contributed by atoms with van der Waals surface area (Å²) in [6.45, 7) is 3.30. The molecule has 0 saturated heterocycles. The second kappa shape index (κ2) is 6.72. The Morgan fingerprint density at radius 3 is 2.54 bits per heavy atom. The number of carboxylic acid groups (broad SMARTS) is 1. The molecule has 2 N–H and O–H groups in total. The summed E-state index contributed by atoms with van der Waals surface area (Å²) in [5.74, 6) is -3.09. The first-order valence-corrected chi connectivity index (χ1v) is 8.66. The Balaban J connectivity index is 2.13. The van der Waals surface area contributed by atoms with E-state index in [0.717, 1.165) is 18.9 Å². The number of hydrogen-bond acceptors (Lipinski definition) is 3. The van der Waals surface area contributed by atoms with Gasteiger partial charge in [0.05, 0.1) is 10.5 Å². The van der Waals surface area contributed by atoms with E-state index in [1.807, 2.05) is 0 Å². The van der Waals surface area contributed by atoms with Crippen molar-refractivity contribution < 1.29 is 19.1 Å². The average molecular weight is 381 g/mol. The molecule has 1 saturated carbocycles. The molecule has 1 heterocycles.